The van der Waals surface area contributed by atoms with Gasteiger partial charge in [-0.25, -0.2) is 24.6 Å². The van der Waals surface area contributed by atoms with Gasteiger partial charge in [-0.1, -0.05) is 43.3 Å². The number of nitrogen functional groups attached to an aromatic ring is 2. The van der Waals surface area contributed by atoms with Crippen LogP contribution in [0.2, 0.25) is 0 Å². The van der Waals surface area contributed by atoms with Crippen LogP contribution >= 0.6 is 0 Å². The van der Waals surface area contributed by atoms with Gasteiger partial charge in [0.1, 0.15) is 53.0 Å². The van der Waals surface area contributed by atoms with Crippen LogP contribution in [0.4, 0.5) is 11.6 Å². The molecular formula is C47H52N12O2. The summed E-state index contributed by atoms with van der Waals surface area (Å²) >= 11 is 0. The summed E-state index contributed by atoms with van der Waals surface area (Å²) in [5, 5.41) is 13.6. The van der Waals surface area contributed by atoms with Gasteiger partial charge in [-0.05, 0) is 132 Å². The molecule has 8 aromatic rings. The van der Waals surface area contributed by atoms with Gasteiger partial charge in [0.25, 0.3) is 0 Å². The van der Waals surface area contributed by atoms with E-state index in [1.807, 2.05) is 114 Å². The first-order chi connectivity index (χ1) is 29.8. The number of hydrogen-bond acceptors (Lipinski definition) is 12. The zero-order valence-electron chi connectivity index (χ0n) is 34.9. The van der Waals surface area contributed by atoms with E-state index >= 15 is 0 Å². The number of para-hydroxylation sites is 2. The monoisotopic (exact) mass is 816 g/mol. The molecule has 0 spiro atoms. The molecule has 0 bridgehead atoms. The van der Waals surface area contributed by atoms with Crippen LogP contribution in [-0.4, -0.2) is 90.0 Å². The molecule has 10 rings (SSSR count). The number of likely N-dealkylation sites (tertiary alicyclic amines) is 2. The highest BCUT2D eigenvalue weighted by Crippen LogP contribution is 2.35. The minimum absolute atomic E-state index is 0.273. The van der Waals surface area contributed by atoms with E-state index in [0.717, 1.165) is 93.8 Å². The van der Waals surface area contributed by atoms with Crippen molar-refractivity contribution in [1.82, 2.24) is 49.7 Å². The second-order valence-corrected chi connectivity index (χ2v) is 15.8. The first-order valence-electron chi connectivity index (χ1n) is 20.8. The smallest absolute Gasteiger partial charge is 0.186 e. The molecule has 4 aromatic carbocycles. The molecule has 61 heavy (non-hydrogen) atoms. The maximum atomic E-state index is 6.26. The third-order valence-corrected chi connectivity index (χ3v) is 10.9. The highest BCUT2D eigenvalue weighted by Gasteiger charge is 2.25. The summed E-state index contributed by atoms with van der Waals surface area (Å²) in [6.07, 6.45) is 7.97. The lowest BCUT2D eigenvalue weighted by Crippen LogP contribution is -2.34. The SMILES string of the molecule is CN1CCC[C@@H](n2nc(-c3ccc(Oc4ccccc4)cc3)c3c(N)ncnc32)C1.C[C@H]1CCCN(C)C1.Nc1ncnc2n[nH]c(-c3ccc(Oc4ccccc4)cc3)c12. The molecule has 0 radical (unpaired) electrons. The van der Waals surface area contributed by atoms with Gasteiger partial charge >= 0.3 is 0 Å². The molecule has 0 amide bonds. The number of ether oxygens (including phenoxy) is 2. The summed E-state index contributed by atoms with van der Waals surface area (Å²) in [5.41, 5.74) is 17.0. The van der Waals surface area contributed by atoms with Crippen LogP contribution < -0.4 is 20.9 Å². The molecule has 312 valence electrons. The van der Waals surface area contributed by atoms with Crippen molar-refractivity contribution < 1.29 is 9.47 Å². The summed E-state index contributed by atoms with van der Waals surface area (Å²) < 4.78 is 13.7. The number of aromatic nitrogens is 8. The summed E-state index contributed by atoms with van der Waals surface area (Å²) in [4.78, 5) is 21.6. The molecule has 5 N–H and O–H groups in total. The Morgan fingerprint density at radius 1 is 0.607 bits per heavy atom. The number of nitrogens with one attached hydrogen (secondary N) is 1. The Hall–Kier alpha value is -6.90. The summed E-state index contributed by atoms with van der Waals surface area (Å²) in [7, 11) is 4.35. The summed E-state index contributed by atoms with van der Waals surface area (Å²) in [6, 6.07) is 35.2. The number of nitrogens with zero attached hydrogens (tertiary/aromatic N) is 9. The van der Waals surface area contributed by atoms with E-state index in [4.69, 9.17) is 26.0 Å². The number of benzene rings is 4. The van der Waals surface area contributed by atoms with Crippen molar-refractivity contribution >= 4 is 33.7 Å². The lowest BCUT2D eigenvalue weighted by Gasteiger charge is -2.29. The molecule has 2 fully saturated rings. The maximum Gasteiger partial charge on any atom is 0.186 e. The second-order valence-electron chi connectivity index (χ2n) is 15.8. The lowest BCUT2D eigenvalue weighted by molar-refractivity contribution is 0.205. The minimum Gasteiger partial charge on any atom is -0.457 e. The fourth-order valence-electron chi connectivity index (χ4n) is 7.92. The van der Waals surface area contributed by atoms with Crippen molar-refractivity contribution in [1.29, 1.82) is 0 Å². The van der Waals surface area contributed by atoms with E-state index < -0.39 is 0 Å². The number of likely N-dealkylation sites (N-methyl/N-ethyl adjacent to an activating group) is 1. The maximum absolute atomic E-state index is 6.26. The first kappa shape index (κ1) is 40.9. The minimum atomic E-state index is 0.273. The van der Waals surface area contributed by atoms with Gasteiger partial charge < -0.3 is 30.7 Å². The van der Waals surface area contributed by atoms with E-state index in [-0.39, 0.29) is 6.04 Å². The number of nitrogens with two attached hydrogens (primary N) is 2. The number of anilines is 2. The predicted octanol–water partition coefficient (Wildman–Crippen LogP) is 8.88. The van der Waals surface area contributed by atoms with E-state index in [0.29, 0.717) is 17.3 Å². The largest absolute Gasteiger partial charge is 0.457 e. The van der Waals surface area contributed by atoms with Gasteiger partial charge in [0.2, 0.25) is 0 Å². The van der Waals surface area contributed by atoms with Crippen LogP contribution in [0.3, 0.4) is 0 Å². The molecule has 2 aliphatic heterocycles. The number of fused-ring (bicyclic) bond motifs is 2. The molecule has 14 nitrogen and oxygen atoms in total. The average molecular weight is 817 g/mol. The second kappa shape index (κ2) is 19.0. The Balaban J connectivity index is 0.000000146. The fraction of sp³-hybridized carbons (Fsp3) is 0.277. The third kappa shape index (κ3) is 9.94. The van der Waals surface area contributed by atoms with Crippen molar-refractivity contribution in [2.24, 2.45) is 5.92 Å². The molecule has 14 heteroatoms. The van der Waals surface area contributed by atoms with E-state index in [9.17, 15) is 0 Å². The Morgan fingerprint density at radius 2 is 1.15 bits per heavy atom. The molecule has 0 saturated carbocycles. The Bertz CT molecular complexity index is 2630. The van der Waals surface area contributed by atoms with Crippen molar-refractivity contribution in [2.75, 3.05) is 51.7 Å². The van der Waals surface area contributed by atoms with Crippen molar-refractivity contribution in [3.8, 4) is 45.5 Å². The van der Waals surface area contributed by atoms with Crippen LogP contribution in [0.15, 0.2) is 122 Å². The van der Waals surface area contributed by atoms with Gasteiger partial charge in [0, 0.05) is 24.2 Å². The number of piperidine rings is 2. The predicted molar refractivity (Wildman–Crippen MR) is 241 cm³/mol. The van der Waals surface area contributed by atoms with Gasteiger partial charge in [0.05, 0.1) is 22.5 Å². The van der Waals surface area contributed by atoms with Gasteiger partial charge in [-0.15, -0.1) is 0 Å². The Labute approximate surface area is 355 Å². The molecule has 4 aromatic heterocycles. The fourth-order valence-corrected chi connectivity index (χ4v) is 7.92. The van der Waals surface area contributed by atoms with Gasteiger partial charge in [-0.2, -0.15) is 10.2 Å². The first-order valence-corrected chi connectivity index (χ1v) is 20.8. The van der Waals surface area contributed by atoms with Crippen molar-refractivity contribution in [3.63, 3.8) is 0 Å². The number of aromatic amines is 1. The molecule has 0 unspecified atom stereocenters. The molecule has 2 atom stereocenters. The summed E-state index contributed by atoms with van der Waals surface area (Å²) in [5.74, 6) is 4.93. The van der Waals surface area contributed by atoms with Crippen LogP contribution in [0.5, 0.6) is 23.0 Å². The number of rotatable bonds is 7. The van der Waals surface area contributed by atoms with E-state index in [1.54, 1.807) is 0 Å². The lowest BCUT2D eigenvalue weighted by atomic mass is 10.0. The quantitative estimate of drug-likeness (QED) is 0.140. The van der Waals surface area contributed by atoms with Crippen LogP contribution in [0.1, 0.15) is 38.6 Å². The third-order valence-electron chi connectivity index (χ3n) is 10.9. The zero-order chi connectivity index (χ0) is 42.1. The average Bonchev–Trinajstić information content (AvgIpc) is 3.90. The van der Waals surface area contributed by atoms with E-state index in [1.165, 1.54) is 38.6 Å². The number of H-pyrrole nitrogens is 1. The van der Waals surface area contributed by atoms with E-state index in [2.05, 4.69) is 61.0 Å². The van der Waals surface area contributed by atoms with Crippen LogP contribution in [0.25, 0.3) is 44.6 Å². The molecule has 2 aliphatic rings. The summed E-state index contributed by atoms with van der Waals surface area (Å²) in [6.45, 7) is 7.01. The van der Waals surface area contributed by atoms with Crippen molar-refractivity contribution in [3.05, 3.63) is 122 Å². The van der Waals surface area contributed by atoms with Crippen LogP contribution in [0, 0.1) is 5.92 Å². The molecule has 2 saturated heterocycles. The topological polar surface area (TPSA) is 175 Å². The molecular weight excluding hydrogens is 765 g/mol. The highest BCUT2D eigenvalue weighted by molar-refractivity contribution is 5.99. The zero-order valence-corrected chi connectivity index (χ0v) is 34.9. The Kier molecular flexibility index (Phi) is 12.7. The highest BCUT2D eigenvalue weighted by atomic mass is 16.5. The normalized spacial score (nSPS) is 16.9. The molecule has 0 aliphatic carbocycles. The number of hydrogen-bond donors (Lipinski definition) is 3. The standard InChI is InChI=1S/C23H24N6O.C17H13N5O.C7H15N/c1-28-13-5-6-17(14-28)29-23-20(22(24)25-15-26-23)21(27-29)16-9-11-19(12-10-16)30-18-7-3-2-4-8-18;18-16-14-15(21-22-17(14)20-10-19-16)11-6-8-13(9-7-11)23-12-4-2-1-3-5-12;1-7-4-3-5-8(2)6-7/h2-4,7-12,15,17H,5-6,13-14H2,1H3,(H2,24,25,26);1-10H,(H3,18,19,20,21,22);7H,3-6H2,1-2H3/t17-;;7-/m1.0/s1. The van der Waals surface area contributed by atoms with Crippen LogP contribution in [-0.2, 0) is 0 Å². The van der Waals surface area contributed by atoms with Gasteiger partial charge in [-0.3, -0.25) is 5.10 Å². The molecule has 6 heterocycles. The van der Waals surface area contributed by atoms with Gasteiger partial charge in [0.15, 0.2) is 11.3 Å². The van der Waals surface area contributed by atoms with Crippen molar-refractivity contribution in [2.45, 2.75) is 38.6 Å². The Morgan fingerprint density at radius 3 is 1.72 bits per heavy atom.